The maximum Gasteiger partial charge on any atom is 0.336 e. The van der Waals surface area contributed by atoms with E-state index in [9.17, 15) is 4.79 Å². The molecule has 6 nitrogen and oxygen atoms in total. The number of allylic oxidation sites excluding steroid dienone is 2. The smallest absolute Gasteiger partial charge is 0.336 e. The van der Waals surface area contributed by atoms with Crippen molar-refractivity contribution in [1.82, 2.24) is 0 Å². The van der Waals surface area contributed by atoms with Gasteiger partial charge in [0.05, 0.1) is 19.8 Å². The zero-order valence-corrected chi connectivity index (χ0v) is 16.5. The molecule has 0 saturated carbocycles. The first kappa shape index (κ1) is 19.3. The second kappa shape index (κ2) is 7.64. The molecule has 6 heteroatoms. The summed E-state index contributed by atoms with van der Waals surface area (Å²) >= 11 is 0. The normalized spacial score (nSPS) is 21.0. The van der Waals surface area contributed by atoms with E-state index < -0.39 is 5.63 Å². The summed E-state index contributed by atoms with van der Waals surface area (Å²) in [6, 6.07) is 4.79. The Bertz CT molecular complexity index is 909. The third-order valence-corrected chi connectivity index (χ3v) is 4.82. The average Bonchev–Trinajstić information content (AvgIpc) is 3.28. The second-order valence-electron chi connectivity index (χ2n) is 7.16. The molecular weight excluding hydrogens is 348 g/mol. The lowest BCUT2D eigenvalue weighted by molar-refractivity contribution is 0.234. The molecule has 0 aliphatic carbocycles. The summed E-state index contributed by atoms with van der Waals surface area (Å²) in [4.78, 5) is 11.6. The molecule has 3 rings (SSSR count). The summed E-state index contributed by atoms with van der Waals surface area (Å²) in [5.41, 5.74) is 1.01. The SMILES string of the molecule is COc1cc2ccc(=O)oc2c(OC)c1OC[C@H]1O[C@]1(C)CCC=C(C)C. The van der Waals surface area contributed by atoms with Crippen molar-refractivity contribution in [2.45, 2.75) is 45.3 Å². The number of hydrogen-bond acceptors (Lipinski definition) is 6. The summed E-state index contributed by atoms with van der Waals surface area (Å²) in [5.74, 6) is 1.26. The van der Waals surface area contributed by atoms with Gasteiger partial charge in [-0.05, 0) is 45.7 Å². The topological polar surface area (TPSA) is 70.4 Å². The first-order chi connectivity index (χ1) is 12.9. The maximum atomic E-state index is 11.6. The van der Waals surface area contributed by atoms with Crippen LogP contribution in [0.4, 0.5) is 0 Å². The van der Waals surface area contributed by atoms with Gasteiger partial charge in [-0.25, -0.2) is 4.79 Å². The van der Waals surface area contributed by atoms with Crippen molar-refractivity contribution >= 4 is 11.0 Å². The molecule has 1 aliphatic heterocycles. The van der Waals surface area contributed by atoms with E-state index in [1.54, 1.807) is 19.2 Å². The van der Waals surface area contributed by atoms with Crippen LogP contribution in [0.15, 0.2) is 39.1 Å². The molecule has 146 valence electrons. The van der Waals surface area contributed by atoms with E-state index in [4.69, 9.17) is 23.4 Å². The van der Waals surface area contributed by atoms with Gasteiger partial charge in [-0.2, -0.15) is 0 Å². The number of rotatable bonds is 8. The predicted octanol–water partition coefficient (Wildman–Crippen LogP) is 4.09. The Labute approximate surface area is 158 Å². The Hall–Kier alpha value is -2.47. The minimum absolute atomic E-state index is 0.00375. The summed E-state index contributed by atoms with van der Waals surface area (Å²) < 4.78 is 28.1. The van der Waals surface area contributed by atoms with Crippen molar-refractivity contribution in [2.75, 3.05) is 20.8 Å². The molecule has 1 saturated heterocycles. The van der Waals surface area contributed by atoms with Crippen molar-refractivity contribution in [2.24, 2.45) is 0 Å². The number of benzene rings is 1. The molecule has 2 atom stereocenters. The van der Waals surface area contributed by atoms with Gasteiger partial charge < -0.3 is 23.4 Å². The van der Waals surface area contributed by atoms with Crippen LogP contribution in [0.2, 0.25) is 0 Å². The molecule has 0 bridgehead atoms. The average molecular weight is 374 g/mol. The Kier molecular flexibility index (Phi) is 5.46. The van der Waals surface area contributed by atoms with Crippen LogP contribution in [0.5, 0.6) is 17.2 Å². The minimum Gasteiger partial charge on any atom is -0.493 e. The highest BCUT2D eigenvalue weighted by atomic mass is 16.6. The summed E-state index contributed by atoms with van der Waals surface area (Å²) in [6.45, 7) is 6.63. The number of epoxide rings is 1. The van der Waals surface area contributed by atoms with E-state index in [0.29, 0.717) is 34.8 Å². The quantitative estimate of drug-likeness (QED) is 0.394. The summed E-state index contributed by atoms with van der Waals surface area (Å²) in [6.07, 6.45) is 4.12. The van der Waals surface area contributed by atoms with Gasteiger partial charge in [0.15, 0.2) is 11.3 Å². The Morgan fingerprint density at radius 3 is 2.67 bits per heavy atom. The van der Waals surface area contributed by atoms with Gasteiger partial charge in [-0.3, -0.25) is 0 Å². The lowest BCUT2D eigenvalue weighted by atomic mass is 10.0. The molecule has 2 heterocycles. The molecule has 1 aromatic heterocycles. The zero-order valence-electron chi connectivity index (χ0n) is 16.5. The third kappa shape index (κ3) is 4.11. The summed E-state index contributed by atoms with van der Waals surface area (Å²) in [5, 5.41) is 0.699. The van der Waals surface area contributed by atoms with Crippen LogP contribution in [-0.4, -0.2) is 32.5 Å². The van der Waals surface area contributed by atoms with Crippen molar-refractivity contribution in [3.63, 3.8) is 0 Å². The Balaban J connectivity index is 1.79. The van der Waals surface area contributed by atoms with Gasteiger partial charge >= 0.3 is 5.63 Å². The van der Waals surface area contributed by atoms with Gasteiger partial charge in [0.2, 0.25) is 11.5 Å². The van der Waals surface area contributed by atoms with Crippen molar-refractivity contribution < 1.29 is 23.4 Å². The Morgan fingerprint density at radius 2 is 2.00 bits per heavy atom. The van der Waals surface area contributed by atoms with Crippen LogP contribution < -0.4 is 19.8 Å². The fourth-order valence-electron chi connectivity index (χ4n) is 3.14. The van der Waals surface area contributed by atoms with E-state index in [0.717, 1.165) is 12.8 Å². The molecule has 1 aliphatic rings. The van der Waals surface area contributed by atoms with Gasteiger partial charge in [0.1, 0.15) is 12.7 Å². The third-order valence-electron chi connectivity index (χ3n) is 4.82. The van der Waals surface area contributed by atoms with E-state index >= 15 is 0 Å². The monoisotopic (exact) mass is 374 g/mol. The van der Waals surface area contributed by atoms with E-state index in [1.807, 2.05) is 0 Å². The lowest BCUT2D eigenvalue weighted by Crippen LogP contribution is -2.16. The standard InChI is InChI=1S/C21H26O6/c1-13(2)7-6-10-21(3)16(27-21)12-25-19-15(23-4)11-14-8-9-17(22)26-18(14)20(19)24-5/h7-9,11,16H,6,10,12H2,1-5H3/t16-,21-/m1/s1. The highest BCUT2D eigenvalue weighted by Gasteiger charge is 2.52. The van der Waals surface area contributed by atoms with Crippen LogP contribution in [0.25, 0.3) is 11.0 Å². The first-order valence-electron chi connectivity index (χ1n) is 9.01. The molecule has 0 amide bonds. The summed E-state index contributed by atoms with van der Waals surface area (Å²) in [7, 11) is 3.06. The van der Waals surface area contributed by atoms with Crippen LogP contribution in [0.3, 0.4) is 0 Å². The van der Waals surface area contributed by atoms with E-state index in [2.05, 4.69) is 26.8 Å². The Morgan fingerprint density at radius 1 is 1.22 bits per heavy atom. The van der Waals surface area contributed by atoms with Crippen LogP contribution in [0.1, 0.15) is 33.6 Å². The van der Waals surface area contributed by atoms with Crippen LogP contribution in [-0.2, 0) is 4.74 Å². The fraction of sp³-hybridized carbons (Fsp3) is 0.476. The molecule has 0 radical (unpaired) electrons. The number of ether oxygens (including phenoxy) is 4. The second-order valence-corrected chi connectivity index (χ2v) is 7.16. The lowest BCUT2D eigenvalue weighted by Gasteiger charge is -2.15. The molecular formula is C21H26O6. The fourth-order valence-corrected chi connectivity index (χ4v) is 3.14. The van der Waals surface area contributed by atoms with E-state index in [-0.39, 0.29) is 11.7 Å². The molecule has 1 aromatic carbocycles. The molecule has 27 heavy (non-hydrogen) atoms. The van der Waals surface area contributed by atoms with Gasteiger partial charge in [-0.15, -0.1) is 0 Å². The first-order valence-corrected chi connectivity index (χ1v) is 9.01. The largest absolute Gasteiger partial charge is 0.493 e. The maximum absolute atomic E-state index is 11.6. The number of methoxy groups -OCH3 is 2. The van der Waals surface area contributed by atoms with Gasteiger partial charge in [0.25, 0.3) is 0 Å². The van der Waals surface area contributed by atoms with E-state index in [1.165, 1.54) is 18.7 Å². The van der Waals surface area contributed by atoms with Crippen molar-refractivity contribution in [3.8, 4) is 17.2 Å². The highest BCUT2D eigenvalue weighted by Crippen LogP contribution is 2.45. The minimum atomic E-state index is -0.450. The molecule has 0 N–H and O–H groups in total. The number of hydrogen-bond donors (Lipinski definition) is 0. The molecule has 2 aromatic rings. The highest BCUT2D eigenvalue weighted by molar-refractivity contribution is 5.88. The van der Waals surface area contributed by atoms with Gasteiger partial charge in [-0.1, -0.05) is 11.6 Å². The van der Waals surface area contributed by atoms with Crippen LogP contribution >= 0.6 is 0 Å². The van der Waals surface area contributed by atoms with Gasteiger partial charge in [0, 0.05) is 11.5 Å². The molecule has 0 unspecified atom stereocenters. The molecule has 0 spiro atoms. The van der Waals surface area contributed by atoms with Crippen LogP contribution in [0, 0.1) is 0 Å². The zero-order chi connectivity index (χ0) is 19.6. The van der Waals surface area contributed by atoms with Crippen molar-refractivity contribution in [1.29, 1.82) is 0 Å². The molecule has 1 fully saturated rings. The van der Waals surface area contributed by atoms with Crippen molar-refractivity contribution in [3.05, 3.63) is 40.3 Å². The number of fused-ring (bicyclic) bond motifs is 1. The predicted molar refractivity (Wildman–Crippen MR) is 103 cm³/mol.